The van der Waals surface area contributed by atoms with E-state index in [0.29, 0.717) is 42.9 Å². The van der Waals surface area contributed by atoms with Crippen LogP contribution in [-0.2, 0) is 6.54 Å². The summed E-state index contributed by atoms with van der Waals surface area (Å²) in [7, 11) is 0. The summed E-state index contributed by atoms with van der Waals surface area (Å²) in [5, 5.41) is 0.888. The number of nitrogens with two attached hydrogens (primary N) is 1. The van der Waals surface area contributed by atoms with Crippen LogP contribution in [0.5, 0.6) is 11.5 Å². The molecular formula is C23H36N2O3. The Morgan fingerprint density at radius 1 is 1.04 bits per heavy atom. The SMILES string of the molecule is CCCCOc1c(OCC(C)CCC)c(=O)n(CCCC)c2cc(N)ccc12. The van der Waals surface area contributed by atoms with Crippen LogP contribution in [0.25, 0.3) is 10.9 Å². The standard InChI is InChI=1S/C23H36N2O3/c1-5-8-13-25-20-15-18(24)11-12-19(20)21(27-14-9-6-2)22(23(25)26)28-16-17(4)10-7-3/h11-12,15,17H,5-10,13-14,16,24H2,1-4H3. The van der Waals surface area contributed by atoms with Crippen LogP contribution in [0, 0.1) is 5.92 Å². The first-order valence-electron chi connectivity index (χ1n) is 10.7. The maximum absolute atomic E-state index is 13.3. The molecule has 0 fully saturated rings. The summed E-state index contributed by atoms with van der Waals surface area (Å²) in [5.74, 6) is 1.29. The predicted octanol–water partition coefficient (Wildman–Crippen LogP) is 5.38. The number of nitrogen functional groups attached to an aromatic ring is 1. The van der Waals surface area contributed by atoms with Crippen LogP contribution < -0.4 is 20.8 Å². The van der Waals surface area contributed by atoms with E-state index in [1.165, 1.54) is 0 Å². The molecule has 0 aliphatic carbocycles. The van der Waals surface area contributed by atoms with Crippen molar-refractivity contribution in [2.45, 2.75) is 72.8 Å². The van der Waals surface area contributed by atoms with E-state index in [2.05, 4.69) is 27.7 Å². The van der Waals surface area contributed by atoms with Crippen LogP contribution >= 0.6 is 0 Å². The highest BCUT2D eigenvalue weighted by molar-refractivity contribution is 5.90. The Kier molecular flexibility index (Phi) is 8.68. The van der Waals surface area contributed by atoms with Crippen LogP contribution in [0.4, 0.5) is 5.69 Å². The van der Waals surface area contributed by atoms with Crippen LogP contribution in [0.2, 0.25) is 0 Å². The van der Waals surface area contributed by atoms with Gasteiger partial charge in [-0.25, -0.2) is 0 Å². The van der Waals surface area contributed by atoms with E-state index in [9.17, 15) is 4.79 Å². The summed E-state index contributed by atoms with van der Waals surface area (Å²) in [6, 6.07) is 5.66. The molecule has 1 unspecified atom stereocenters. The Morgan fingerprint density at radius 2 is 1.79 bits per heavy atom. The molecule has 0 radical (unpaired) electrons. The molecule has 0 saturated carbocycles. The number of pyridine rings is 1. The van der Waals surface area contributed by atoms with E-state index in [4.69, 9.17) is 15.2 Å². The molecule has 5 nitrogen and oxygen atoms in total. The van der Waals surface area contributed by atoms with Crippen LogP contribution in [-0.4, -0.2) is 17.8 Å². The van der Waals surface area contributed by atoms with Gasteiger partial charge < -0.3 is 19.8 Å². The summed E-state index contributed by atoms with van der Waals surface area (Å²) in [6.07, 6.45) is 6.06. The molecule has 1 heterocycles. The van der Waals surface area contributed by atoms with Crippen molar-refractivity contribution in [2.24, 2.45) is 5.92 Å². The minimum absolute atomic E-state index is 0.123. The highest BCUT2D eigenvalue weighted by Crippen LogP contribution is 2.34. The van der Waals surface area contributed by atoms with Gasteiger partial charge in [-0.15, -0.1) is 0 Å². The first-order chi connectivity index (χ1) is 13.5. The number of ether oxygens (including phenoxy) is 2. The molecule has 2 aromatic rings. The summed E-state index contributed by atoms with van der Waals surface area (Å²) >= 11 is 0. The van der Waals surface area contributed by atoms with Gasteiger partial charge in [-0.2, -0.15) is 0 Å². The van der Waals surface area contributed by atoms with E-state index < -0.39 is 0 Å². The molecule has 1 atom stereocenters. The molecule has 0 bridgehead atoms. The van der Waals surface area contributed by atoms with Crippen LogP contribution in [0.3, 0.4) is 0 Å². The highest BCUT2D eigenvalue weighted by atomic mass is 16.5. The summed E-state index contributed by atoms with van der Waals surface area (Å²) in [5.41, 5.74) is 7.36. The van der Waals surface area contributed by atoms with Crippen molar-refractivity contribution in [3.63, 3.8) is 0 Å². The van der Waals surface area contributed by atoms with Gasteiger partial charge in [-0.3, -0.25) is 4.79 Å². The third kappa shape index (κ3) is 5.43. The van der Waals surface area contributed by atoms with Crippen molar-refractivity contribution >= 4 is 16.6 Å². The third-order valence-electron chi connectivity index (χ3n) is 4.98. The minimum Gasteiger partial charge on any atom is -0.489 e. The number of aromatic nitrogens is 1. The molecular weight excluding hydrogens is 352 g/mol. The van der Waals surface area contributed by atoms with Gasteiger partial charge >= 0.3 is 0 Å². The van der Waals surface area contributed by atoms with E-state index >= 15 is 0 Å². The zero-order valence-corrected chi connectivity index (χ0v) is 17.9. The summed E-state index contributed by atoms with van der Waals surface area (Å²) in [6.45, 7) is 10.3. The first-order valence-corrected chi connectivity index (χ1v) is 10.7. The number of hydrogen-bond acceptors (Lipinski definition) is 4. The van der Waals surface area contributed by atoms with Crippen LogP contribution in [0.1, 0.15) is 66.2 Å². The van der Waals surface area contributed by atoms with Gasteiger partial charge in [0, 0.05) is 17.6 Å². The molecule has 0 aliphatic heterocycles. The second-order valence-electron chi connectivity index (χ2n) is 7.65. The maximum Gasteiger partial charge on any atom is 0.297 e. The van der Waals surface area contributed by atoms with Crippen molar-refractivity contribution in [1.29, 1.82) is 0 Å². The topological polar surface area (TPSA) is 66.5 Å². The lowest BCUT2D eigenvalue weighted by Crippen LogP contribution is -2.25. The minimum atomic E-state index is -0.123. The number of benzene rings is 1. The number of anilines is 1. The van der Waals surface area contributed by atoms with Gasteiger partial charge in [0.25, 0.3) is 5.56 Å². The first kappa shape index (κ1) is 22.1. The number of aryl methyl sites for hydroxylation is 1. The Bertz CT molecular complexity index is 814. The van der Waals surface area contributed by atoms with Crippen molar-refractivity contribution in [3.05, 3.63) is 28.6 Å². The average Bonchev–Trinajstić information content (AvgIpc) is 2.67. The summed E-state index contributed by atoms with van der Waals surface area (Å²) < 4.78 is 14.0. The summed E-state index contributed by atoms with van der Waals surface area (Å²) in [4.78, 5) is 13.3. The molecule has 0 saturated heterocycles. The molecule has 5 heteroatoms. The van der Waals surface area contributed by atoms with Gasteiger partial charge in [-0.1, -0.05) is 47.0 Å². The number of hydrogen-bond donors (Lipinski definition) is 1. The number of fused-ring (bicyclic) bond motifs is 1. The van der Waals surface area contributed by atoms with Crippen LogP contribution in [0.15, 0.2) is 23.0 Å². The van der Waals surface area contributed by atoms with Crippen molar-refractivity contribution in [1.82, 2.24) is 4.57 Å². The third-order valence-corrected chi connectivity index (χ3v) is 4.98. The van der Waals surface area contributed by atoms with Gasteiger partial charge in [0.05, 0.1) is 18.7 Å². The van der Waals surface area contributed by atoms with Gasteiger partial charge in [0.1, 0.15) is 0 Å². The average molecular weight is 389 g/mol. The normalized spacial score (nSPS) is 12.3. The zero-order chi connectivity index (χ0) is 20.5. The molecule has 156 valence electrons. The van der Waals surface area contributed by atoms with E-state index in [1.807, 2.05) is 18.2 Å². The lowest BCUT2D eigenvalue weighted by atomic mass is 10.1. The fourth-order valence-corrected chi connectivity index (χ4v) is 3.34. The molecule has 1 aromatic heterocycles. The molecule has 0 spiro atoms. The number of nitrogens with zero attached hydrogens (tertiary/aromatic N) is 1. The Balaban J connectivity index is 2.57. The molecule has 2 N–H and O–H groups in total. The fraction of sp³-hybridized carbons (Fsp3) is 0.609. The molecule has 1 aromatic carbocycles. The van der Waals surface area contributed by atoms with E-state index in [-0.39, 0.29) is 5.56 Å². The number of rotatable bonds is 12. The van der Waals surface area contributed by atoms with Crippen molar-refractivity contribution < 1.29 is 9.47 Å². The highest BCUT2D eigenvalue weighted by Gasteiger charge is 2.20. The quantitative estimate of drug-likeness (QED) is 0.392. The lowest BCUT2D eigenvalue weighted by molar-refractivity contribution is 0.226. The van der Waals surface area contributed by atoms with Crippen molar-refractivity contribution in [3.8, 4) is 11.5 Å². The fourth-order valence-electron chi connectivity index (χ4n) is 3.34. The molecule has 0 aliphatic rings. The Hall–Kier alpha value is -2.17. The predicted molar refractivity (Wildman–Crippen MR) is 117 cm³/mol. The second kappa shape index (κ2) is 11.0. The van der Waals surface area contributed by atoms with Crippen molar-refractivity contribution in [2.75, 3.05) is 18.9 Å². The zero-order valence-electron chi connectivity index (χ0n) is 17.9. The van der Waals surface area contributed by atoms with E-state index in [1.54, 1.807) is 4.57 Å². The van der Waals surface area contributed by atoms with E-state index in [0.717, 1.165) is 49.4 Å². The Morgan fingerprint density at radius 3 is 2.46 bits per heavy atom. The van der Waals surface area contributed by atoms with Gasteiger partial charge in [-0.05, 0) is 43.4 Å². The smallest absolute Gasteiger partial charge is 0.297 e. The largest absolute Gasteiger partial charge is 0.489 e. The maximum atomic E-state index is 13.3. The Labute approximate surface area is 168 Å². The molecule has 28 heavy (non-hydrogen) atoms. The molecule has 2 rings (SSSR count). The van der Waals surface area contributed by atoms with Gasteiger partial charge in [0.2, 0.25) is 5.75 Å². The second-order valence-corrected chi connectivity index (χ2v) is 7.65. The monoisotopic (exact) mass is 388 g/mol. The van der Waals surface area contributed by atoms with Gasteiger partial charge in [0.15, 0.2) is 5.75 Å². The lowest BCUT2D eigenvalue weighted by Gasteiger charge is -2.20. The molecule has 0 amide bonds. The number of unbranched alkanes of at least 4 members (excludes halogenated alkanes) is 2.